The summed E-state index contributed by atoms with van der Waals surface area (Å²) in [5.41, 5.74) is 2.37. The molecule has 0 fully saturated rings. The van der Waals surface area contributed by atoms with Gasteiger partial charge < -0.3 is 9.47 Å². The van der Waals surface area contributed by atoms with E-state index >= 15 is 0 Å². The topological polar surface area (TPSA) is 129 Å². The van der Waals surface area contributed by atoms with E-state index in [9.17, 15) is 21.6 Å². The van der Waals surface area contributed by atoms with Crippen LogP contribution < -0.4 is 9.46 Å². The largest absolute Gasteiger partial charge is 0.487 e. The van der Waals surface area contributed by atoms with E-state index in [0.29, 0.717) is 28.2 Å². The number of hydrogen-bond donors (Lipinski definition) is 1. The van der Waals surface area contributed by atoms with Gasteiger partial charge in [-0.05, 0) is 67.9 Å². The zero-order valence-corrected chi connectivity index (χ0v) is 24.3. The number of sulfonamides is 1. The van der Waals surface area contributed by atoms with Crippen LogP contribution in [-0.4, -0.2) is 44.5 Å². The van der Waals surface area contributed by atoms with Crippen molar-refractivity contribution in [2.45, 2.75) is 26.1 Å². The first-order chi connectivity index (χ1) is 19.3. The number of carbonyl (C=O) groups excluding carboxylic acids is 1. The molecule has 1 N–H and O–H groups in total. The van der Waals surface area contributed by atoms with Crippen LogP contribution in [-0.2, 0) is 36.0 Å². The Bertz CT molecular complexity index is 1880. The number of Topliss-reactive ketones (excluding diaryl/α,β-unsaturated/α-hetero) is 1. The second kappa shape index (κ2) is 10.6. The van der Waals surface area contributed by atoms with Crippen LogP contribution in [0, 0.1) is 0 Å². The number of hydrogen-bond acceptors (Lipinski definition) is 8. The SMILES string of the molecule is CC1(C)OC(c2ccc(NS(=O)(=O)CS(C)(=O)=O)cc2)=C(c2ccc(OCc3ccc4ccccc4n3)cc2)C1=O. The summed E-state index contributed by atoms with van der Waals surface area (Å²) in [6.45, 7) is 3.65. The molecule has 212 valence electrons. The van der Waals surface area contributed by atoms with E-state index in [1.54, 1.807) is 50.2 Å². The molecule has 0 aliphatic carbocycles. The Morgan fingerprint density at radius 3 is 2.20 bits per heavy atom. The Hall–Kier alpha value is -4.22. The predicted molar refractivity (Wildman–Crippen MR) is 158 cm³/mol. The quantitative estimate of drug-likeness (QED) is 0.293. The molecule has 4 aromatic rings. The van der Waals surface area contributed by atoms with Crippen molar-refractivity contribution in [3.05, 3.63) is 102 Å². The van der Waals surface area contributed by atoms with Crippen LogP contribution in [0.5, 0.6) is 5.75 Å². The normalized spacial score (nSPS) is 15.1. The van der Waals surface area contributed by atoms with E-state index in [-0.39, 0.29) is 18.1 Å². The van der Waals surface area contributed by atoms with Gasteiger partial charge in [-0.15, -0.1) is 0 Å². The highest BCUT2D eigenvalue weighted by atomic mass is 32.3. The standard InChI is InChI=1S/C30H28N2O7S2/c1-30(2)29(33)27(28(39-30)22-9-13-23(14-10-22)32-41(36,37)19-40(3,34)35)21-11-16-25(17-12-21)38-18-24-15-8-20-6-4-5-7-26(20)31-24/h4-17,32H,18-19H2,1-3H3. The number of para-hydroxylation sites is 1. The fourth-order valence-electron chi connectivity index (χ4n) is 4.47. The molecule has 9 nitrogen and oxygen atoms in total. The van der Waals surface area contributed by atoms with Gasteiger partial charge in [0.1, 0.15) is 18.1 Å². The van der Waals surface area contributed by atoms with Gasteiger partial charge in [-0.1, -0.05) is 36.4 Å². The number of pyridine rings is 1. The molecule has 1 aliphatic rings. The van der Waals surface area contributed by atoms with Crippen LogP contribution in [0.4, 0.5) is 5.69 Å². The van der Waals surface area contributed by atoms with Crippen molar-refractivity contribution in [2.24, 2.45) is 0 Å². The molecule has 2 heterocycles. The van der Waals surface area contributed by atoms with Crippen molar-refractivity contribution in [3.63, 3.8) is 0 Å². The molecule has 0 atom stereocenters. The third kappa shape index (κ3) is 6.58. The van der Waals surface area contributed by atoms with Gasteiger partial charge >= 0.3 is 0 Å². The number of rotatable bonds is 9. The fourth-order valence-corrected chi connectivity index (χ4v) is 7.45. The van der Waals surface area contributed by atoms with Gasteiger partial charge in [-0.3, -0.25) is 9.52 Å². The fraction of sp³-hybridized carbons (Fsp3) is 0.200. The Balaban J connectivity index is 1.36. The van der Waals surface area contributed by atoms with Gasteiger partial charge in [0.05, 0.1) is 16.8 Å². The third-order valence-electron chi connectivity index (χ3n) is 6.33. The lowest BCUT2D eigenvalue weighted by atomic mass is 9.92. The lowest BCUT2D eigenvalue weighted by molar-refractivity contribution is -0.125. The summed E-state index contributed by atoms with van der Waals surface area (Å²) in [6.07, 6.45) is 0.848. The molecule has 41 heavy (non-hydrogen) atoms. The van der Waals surface area contributed by atoms with E-state index in [1.807, 2.05) is 36.4 Å². The number of sulfone groups is 1. The number of carbonyl (C=O) groups is 1. The monoisotopic (exact) mass is 592 g/mol. The molecule has 5 rings (SSSR count). The number of ether oxygens (including phenoxy) is 2. The van der Waals surface area contributed by atoms with Gasteiger partial charge in [-0.25, -0.2) is 21.8 Å². The Labute approximate surface area is 238 Å². The highest BCUT2D eigenvalue weighted by Gasteiger charge is 2.42. The van der Waals surface area contributed by atoms with Gasteiger partial charge in [0.2, 0.25) is 15.8 Å². The van der Waals surface area contributed by atoms with Crippen molar-refractivity contribution in [2.75, 3.05) is 16.1 Å². The summed E-state index contributed by atoms with van der Waals surface area (Å²) in [4.78, 5) is 18.0. The summed E-state index contributed by atoms with van der Waals surface area (Å²) in [5.74, 6) is 0.779. The lowest BCUT2D eigenvalue weighted by Gasteiger charge is -2.18. The number of aromatic nitrogens is 1. The van der Waals surface area contributed by atoms with Gasteiger partial charge in [0, 0.05) is 22.9 Å². The average molecular weight is 593 g/mol. The molecule has 11 heteroatoms. The van der Waals surface area contributed by atoms with Crippen LogP contribution in [0.15, 0.2) is 84.9 Å². The summed E-state index contributed by atoms with van der Waals surface area (Å²) in [6, 6.07) is 25.1. The number of ketones is 1. The lowest BCUT2D eigenvalue weighted by Crippen LogP contribution is -2.29. The maximum Gasteiger partial charge on any atom is 0.247 e. The van der Waals surface area contributed by atoms with Crippen molar-refractivity contribution < 1.29 is 31.1 Å². The maximum atomic E-state index is 13.3. The van der Waals surface area contributed by atoms with Crippen LogP contribution in [0.3, 0.4) is 0 Å². The van der Waals surface area contributed by atoms with Crippen LogP contribution >= 0.6 is 0 Å². The molecular formula is C30H28N2O7S2. The highest BCUT2D eigenvalue weighted by molar-refractivity contribution is 8.08. The Morgan fingerprint density at radius 2 is 1.51 bits per heavy atom. The molecule has 3 aromatic carbocycles. The number of fused-ring (bicyclic) bond motifs is 1. The maximum absolute atomic E-state index is 13.3. The highest BCUT2D eigenvalue weighted by Crippen LogP contribution is 2.41. The van der Waals surface area contributed by atoms with E-state index in [4.69, 9.17) is 9.47 Å². The molecule has 1 aliphatic heterocycles. The van der Waals surface area contributed by atoms with Crippen molar-refractivity contribution in [3.8, 4) is 5.75 Å². The molecular weight excluding hydrogens is 564 g/mol. The Kier molecular flexibility index (Phi) is 7.35. The van der Waals surface area contributed by atoms with E-state index < -0.39 is 30.5 Å². The van der Waals surface area contributed by atoms with Crippen molar-refractivity contribution >= 4 is 53.6 Å². The minimum atomic E-state index is -4.09. The number of anilines is 1. The molecule has 0 saturated heterocycles. The first-order valence-electron chi connectivity index (χ1n) is 12.6. The third-order valence-corrected chi connectivity index (χ3v) is 9.83. The molecule has 0 unspecified atom stereocenters. The Morgan fingerprint density at radius 1 is 0.854 bits per heavy atom. The van der Waals surface area contributed by atoms with Crippen molar-refractivity contribution in [1.29, 1.82) is 0 Å². The van der Waals surface area contributed by atoms with Gasteiger partial charge in [0.25, 0.3) is 0 Å². The summed E-state index contributed by atoms with van der Waals surface area (Å²) in [5, 5.41) is 0.0281. The van der Waals surface area contributed by atoms with Crippen molar-refractivity contribution in [1.82, 2.24) is 4.98 Å². The first-order valence-corrected chi connectivity index (χ1v) is 16.4. The minimum Gasteiger partial charge on any atom is -0.487 e. The summed E-state index contributed by atoms with van der Waals surface area (Å²) in [7, 11) is -7.83. The first kappa shape index (κ1) is 28.3. The average Bonchev–Trinajstić information content (AvgIpc) is 3.15. The van der Waals surface area contributed by atoms with E-state index in [2.05, 4.69) is 9.71 Å². The molecule has 0 spiro atoms. The smallest absolute Gasteiger partial charge is 0.247 e. The van der Waals surface area contributed by atoms with Gasteiger partial charge in [0.15, 0.2) is 20.5 Å². The van der Waals surface area contributed by atoms with E-state index in [0.717, 1.165) is 22.9 Å². The molecule has 0 radical (unpaired) electrons. The number of nitrogens with zero attached hydrogens (tertiary/aromatic N) is 1. The van der Waals surface area contributed by atoms with Crippen LogP contribution in [0.2, 0.25) is 0 Å². The number of benzene rings is 3. The van der Waals surface area contributed by atoms with E-state index in [1.165, 1.54) is 12.1 Å². The van der Waals surface area contributed by atoms with Crippen LogP contribution in [0.1, 0.15) is 30.7 Å². The summed E-state index contributed by atoms with van der Waals surface area (Å²) >= 11 is 0. The second-order valence-electron chi connectivity index (χ2n) is 10.3. The van der Waals surface area contributed by atoms with Crippen LogP contribution in [0.25, 0.3) is 22.2 Å². The molecule has 0 amide bonds. The summed E-state index contributed by atoms with van der Waals surface area (Å²) < 4.78 is 61.4. The second-order valence-corrected chi connectivity index (χ2v) is 14.5. The predicted octanol–water partition coefficient (Wildman–Crippen LogP) is 4.80. The zero-order chi connectivity index (χ0) is 29.4. The molecule has 0 saturated carbocycles. The molecule has 0 bridgehead atoms. The number of nitrogens with one attached hydrogen (secondary N) is 1. The minimum absolute atomic E-state index is 0.186. The zero-order valence-electron chi connectivity index (χ0n) is 22.6. The molecule has 1 aromatic heterocycles. The van der Waals surface area contributed by atoms with Gasteiger partial charge in [-0.2, -0.15) is 0 Å².